The number of carbonyl (C=O) groups excluding carboxylic acids is 1. The van der Waals surface area contributed by atoms with E-state index in [9.17, 15) is 18.0 Å². The quantitative estimate of drug-likeness (QED) is 0.722. The van der Waals surface area contributed by atoms with E-state index in [2.05, 4.69) is 5.92 Å². The number of urea groups is 1. The van der Waals surface area contributed by atoms with E-state index in [0.717, 1.165) is 0 Å². The Hall–Kier alpha value is -1.75. The van der Waals surface area contributed by atoms with Crippen molar-refractivity contribution in [1.29, 1.82) is 0 Å². The van der Waals surface area contributed by atoms with E-state index in [1.165, 1.54) is 9.80 Å². The Morgan fingerprint density at radius 2 is 2.14 bits per heavy atom. The molecule has 1 unspecified atom stereocenters. The molecule has 0 radical (unpaired) electrons. The molecular weight excluding hydrogens is 296 g/mol. The minimum Gasteiger partial charge on any atom is -0.481 e. The van der Waals surface area contributed by atoms with E-state index < -0.39 is 27.9 Å². The minimum atomic E-state index is -3.31. The second kappa shape index (κ2) is 7.31. The first-order valence-corrected chi connectivity index (χ1v) is 8.54. The summed E-state index contributed by atoms with van der Waals surface area (Å²) in [6, 6.07) is -1.23. The molecular formula is C13H20N2O5S. The van der Waals surface area contributed by atoms with E-state index >= 15 is 0 Å². The van der Waals surface area contributed by atoms with Crippen LogP contribution in [0.5, 0.6) is 0 Å². The van der Waals surface area contributed by atoms with Gasteiger partial charge < -0.3 is 14.9 Å². The standard InChI is InChI=1S/C13H20N2O5S/c1-3-5-14(6-4-2)13(18)15-7-8-21(19,20)10-11(15)9-12(16)17/h1,11H,4-10H2,2H3,(H,16,17). The van der Waals surface area contributed by atoms with E-state index in [1.54, 1.807) is 0 Å². The van der Waals surface area contributed by atoms with Crippen LogP contribution in [0.3, 0.4) is 0 Å². The molecule has 0 spiro atoms. The zero-order chi connectivity index (χ0) is 16.0. The van der Waals surface area contributed by atoms with Crippen LogP contribution < -0.4 is 0 Å². The number of terminal acetylenes is 1. The maximum absolute atomic E-state index is 12.4. The summed E-state index contributed by atoms with van der Waals surface area (Å²) in [6.07, 6.45) is 5.56. The van der Waals surface area contributed by atoms with Gasteiger partial charge in [0.2, 0.25) is 0 Å². The Bertz CT molecular complexity index is 537. The molecule has 1 fully saturated rings. The van der Waals surface area contributed by atoms with Crippen molar-refractivity contribution in [1.82, 2.24) is 9.80 Å². The van der Waals surface area contributed by atoms with Gasteiger partial charge in [0.25, 0.3) is 0 Å². The van der Waals surface area contributed by atoms with Gasteiger partial charge in [0, 0.05) is 13.1 Å². The fourth-order valence-electron chi connectivity index (χ4n) is 2.31. The first-order chi connectivity index (χ1) is 9.80. The Morgan fingerprint density at radius 1 is 1.48 bits per heavy atom. The Kier molecular flexibility index (Phi) is 6.03. The molecule has 7 nitrogen and oxygen atoms in total. The second-order valence-electron chi connectivity index (χ2n) is 4.97. The van der Waals surface area contributed by atoms with Crippen LogP contribution in [0, 0.1) is 12.3 Å². The zero-order valence-electron chi connectivity index (χ0n) is 12.0. The van der Waals surface area contributed by atoms with E-state index in [4.69, 9.17) is 11.5 Å². The van der Waals surface area contributed by atoms with Crippen molar-refractivity contribution in [2.45, 2.75) is 25.8 Å². The molecule has 8 heteroatoms. The highest BCUT2D eigenvalue weighted by atomic mass is 32.2. The number of carboxylic acid groups (broad SMARTS) is 1. The summed E-state index contributed by atoms with van der Waals surface area (Å²) < 4.78 is 23.3. The number of aliphatic carboxylic acids is 1. The van der Waals surface area contributed by atoms with Gasteiger partial charge >= 0.3 is 12.0 Å². The number of hydrogen-bond acceptors (Lipinski definition) is 4. The normalized spacial score (nSPS) is 20.6. The molecule has 0 bridgehead atoms. The van der Waals surface area contributed by atoms with Crippen LogP contribution in [0.15, 0.2) is 0 Å². The van der Waals surface area contributed by atoms with Crippen molar-refractivity contribution in [2.24, 2.45) is 0 Å². The molecule has 0 aliphatic carbocycles. The largest absolute Gasteiger partial charge is 0.481 e. The lowest BCUT2D eigenvalue weighted by atomic mass is 10.2. The molecule has 1 N–H and O–H groups in total. The van der Waals surface area contributed by atoms with Crippen LogP contribution in [-0.4, -0.2) is 72.5 Å². The fourth-order valence-corrected chi connectivity index (χ4v) is 3.84. The molecule has 0 aromatic heterocycles. The molecule has 1 aliphatic heterocycles. The van der Waals surface area contributed by atoms with Crippen molar-refractivity contribution in [3.63, 3.8) is 0 Å². The topological polar surface area (TPSA) is 95.0 Å². The molecule has 1 atom stereocenters. The number of amides is 2. The van der Waals surface area contributed by atoms with E-state index in [0.29, 0.717) is 13.0 Å². The van der Waals surface area contributed by atoms with Gasteiger partial charge in [-0.25, -0.2) is 13.2 Å². The van der Waals surface area contributed by atoms with Crippen molar-refractivity contribution in [2.75, 3.05) is 31.1 Å². The van der Waals surface area contributed by atoms with Crippen LogP contribution in [0.4, 0.5) is 4.79 Å². The van der Waals surface area contributed by atoms with Gasteiger partial charge in [0.15, 0.2) is 9.84 Å². The van der Waals surface area contributed by atoms with Crippen LogP contribution in [0.25, 0.3) is 0 Å². The molecule has 0 saturated carbocycles. The number of carbonyl (C=O) groups is 2. The molecule has 1 saturated heterocycles. The third-order valence-corrected chi connectivity index (χ3v) is 4.93. The van der Waals surface area contributed by atoms with Crippen molar-refractivity contribution >= 4 is 21.8 Å². The molecule has 1 heterocycles. The Labute approximate surface area is 124 Å². The lowest BCUT2D eigenvalue weighted by molar-refractivity contribution is -0.138. The van der Waals surface area contributed by atoms with Crippen molar-refractivity contribution < 1.29 is 23.1 Å². The maximum atomic E-state index is 12.4. The predicted molar refractivity (Wildman–Crippen MR) is 77.5 cm³/mol. The first kappa shape index (κ1) is 17.3. The van der Waals surface area contributed by atoms with Gasteiger partial charge in [-0.15, -0.1) is 6.42 Å². The summed E-state index contributed by atoms with van der Waals surface area (Å²) in [5.74, 6) is 0.791. The summed E-state index contributed by atoms with van der Waals surface area (Å²) in [5, 5.41) is 8.90. The third kappa shape index (κ3) is 4.93. The summed E-state index contributed by atoms with van der Waals surface area (Å²) in [7, 11) is -3.31. The van der Waals surface area contributed by atoms with Gasteiger partial charge in [-0.2, -0.15) is 0 Å². The molecule has 0 aromatic carbocycles. The van der Waals surface area contributed by atoms with Crippen molar-refractivity contribution in [3.8, 4) is 12.3 Å². The van der Waals surface area contributed by atoms with E-state index in [1.807, 2.05) is 6.92 Å². The Balaban J connectivity index is 2.92. The molecule has 1 aliphatic rings. The molecule has 0 aromatic rings. The number of carboxylic acids is 1. The monoisotopic (exact) mass is 316 g/mol. The van der Waals surface area contributed by atoms with Gasteiger partial charge in [-0.3, -0.25) is 4.79 Å². The van der Waals surface area contributed by atoms with Crippen LogP contribution in [0.2, 0.25) is 0 Å². The number of rotatable bonds is 5. The Morgan fingerprint density at radius 3 is 2.67 bits per heavy atom. The summed E-state index contributed by atoms with van der Waals surface area (Å²) in [6.45, 7) is 2.47. The lowest BCUT2D eigenvalue weighted by Gasteiger charge is -2.37. The number of hydrogen-bond donors (Lipinski definition) is 1. The second-order valence-corrected chi connectivity index (χ2v) is 7.20. The SMILES string of the molecule is C#CCN(CCC)C(=O)N1CCS(=O)(=O)CC1CC(=O)O. The molecule has 21 heavy (non-hydrogen) atoms. The maximum Gasteiger partial charge on any atom is 0.321 e. The first-order valence-electron chi connectivity index (χ1n) is 6.72. The highest BCUT2D eigenvalue weighted by Gasteiger charge is 2.36. The molecule has 1 rings (SSSR count). The summed E-state index contributed by atoms with van der Waals surface area (Å²) in [5.41, 5.74) is 0. The highest BCUT2D eigenvalue weighted by molar-refractivity contribution is 7.91. The fraction of sp³-hybridized carbons (Fsp3) is 0.692. The number of sulfone groups is 1. The average molecular weight is 316 g/mol. The van der Waals surface area contributed by atoms with Gasteiger partial charge in [-0.05, 0) is 6.42 Å². The van der Waals surface area contributed by atoms with Gasteiger partial charge in [-0.1, -0.05) is 12.8 Å². The predicted octanol–water partition coefficient (Wildman–Crippen LogP) is 0.0253. The van der Waals surface area contributed by atoms with Gasteiger partial charge in [0.05, 0.1) is 30.5 Å². The van der Waals surface area contributed by atoms with Crippen LogP contribution in [-0.2, 0) is 14.6 Å². The third-order valence-electron chi connectivity index (χ3n) is 3.23. The van der Waals surface area contributed by atoms with E-state index in [-0.39, 0.29) is 31.0 Å². The molecule has 118 valence electrons. The van der Waals surface area contributed by atoms with Crippen LogP contribution in [0.1, 0.15) is 19.8 Å². The van der Waals surface area contributed by atoms with Crippen LogP contribution >= 0.6 is 0 Å². The summed E-state index contributed by atoms with van der Waals surface area (Å²) >= 11 is 0. The van der Waals surface area contributed by atoms with Gasteiger partial charge in [0.1, 0.15) is 0 Å². The molecule has 2 amide bonds. The summed E-state index contributed by atoms with van der Waals surface area (Å²) in [4.78, 5) is 26.1. The zero-order valence-corrected chi connectivity index (χ0v) is 12.8. The lowest BCUT2D eigenvalue weighted by Crippen LogP contribution is -2.56. The highest BCUT2D eigenvalue weighted by Crippen LogP contribution is 2.17. The number of nitrogens with zero attached hydrogens (tertiary/aromatic N) is 2. The minimum absolute atomic E-state index is 0.00387. The smallest absolute Gasteiger partial charge is 0.321 e. The average Bonchev–Trinajstić information content (AvgIpc) is 2.36. The van der Waals surface area contributed by atoms with Crippen molar-refractivity contribution in [3.05, 3.63) is 0 Å².